The van der Waals surface area contributed by atoms with Crippen LogP contribution in [0.25, 0.3) is 10.8 Å². The van der Waals surface area contributed by atoms with Crippen LogP contribution in [0.4, 0.5) is 11.4 Å². The molecule has 0 aliphatic rings. The third kappa shape index (κ3) is 5.56. The average molecular weight is 477 g/mol. The van der Waals surface area contributed by atoms with Crippen molar-refractivity contribution in [1.29, 1.82) is 0 Å². The van der Waals surface area contributed by atoms with Gasteiger partial charge in [-0.1, -0.05) is 54.1 Å². The van der Waals surface area contributed by atoms with Crippen molar-refractivity contribution >= 4 is 49.8 Å². The molecule has 0 saturated carbocycles. The van der Waals surface area contributed by atoms with Gasteiger partial charge < -0.3 is 5.32 Å². The van der Waals surface area contributed by atoms with E-state index >= 15 is 0 Å². The van der Waals surface area contributed by atoms with Crippen LogP contribution in [-0.4, -0.2) is 19.6 Å². The van der Waals surface area contributed by atoms with Crippen LogP contribution in [0.5, 0.6) is 0 Å². The summed E-state index contributed by atoms with van der Waals surface area (Å²) in [7, 11) is -3.65. The molecule has 0 aliphatic carbocycles. The first-order valence-corrected chi connectivity index (χ1v) is 12.8. The Morgan fingerprint density at radius 3 is 2.24 bits per heavy atom. The SMILES string of the molecule is Cc1ccc(S(=O)(=O)Nc2ccc(SC(C)C(=O)Nc3cccc4ccccc34)cc2)cc1. The molecule has 4 aromatic carbocycles. The second kappa shape index (κ2) is 9.68. The molecular formula is C26H24N2O3S2. The normalized spacial score (nSPS) is 12.3. The maximum absolute atomic E-state index is 12.8. The second-order valence-corrected chi connectivity index (χ2v) is 10.8. The smallest absolute Gasteiger partial charge is 0.261 e. The number of fused-ring (bicyclic) bond motifs is 1. The van der Waals surface area contributed by atoms with Gasteiger partial charge in [-0.2, -0.15) is 0 Å². The van der Waals surface area contributed by atoms with Crippen molar-refractivity contribution in [3.05, 3.63) is 96.6 Å². The molecule has 0 aromatic heterocycles. The standard InChI is InChI=1S/C26H24N2O3S2/c1-18-10-16-23(17-11-18)33(30,31)28-21-12-14-22(15-13-21)32-19(2)26(29)27-25-9-5-7-20-6-3-4-8-24(20)25/h3-17,19,28H,1-2H3,(H,27,29). The van der Waals surface area contributed by atoms with Gasteiger partial charge in [-0.25, -0.2) is 8.42 Å². The summed E-state index contributed by atoms with van der Waals surface area (Å²) in [5, 5.41) is 4.75. The third-order valence-corrected chi connectivity index (χ3v) is 7.68. The molecule has 0 heterocycles. The molecule has 0 fully saturated rings. The first-order valence-electron chi connectivity index (χ1n) is 10.5. The van der Waals surface area contributed by atoms with E-state index in [1.807, 2.05) is 56.3 Å². The van der Waals surface area contributed by atoms with E-state index in [2.05, 4.69) is 10.0 Å². The van der Waals surface area contributed by atoms with E-state index in [-0.39, 0.29) is 16.1 Å². The zero-order valence-electron chi connectivity index (χ0n) is 18.3. The van der Waals surface area contributed by atoms with E-state index < -0.39 is 10.0 Å². The summed E-state index contributed by atoms with van der Waals surface area (Å²) in [5.74, 6) is -0.0968. The van der Waals surface area contributed by atoms with Gasteiger partial charge in [-0.05, 0) is 61.7 Å². The Labute approximate surface area is 198 Å². The molecule has 0 aliphatic heterocycles. The van der Waals surface area contributed by atoms with Crippen molar-refractivity contribution < 1.29 is 13.2 Å². The Morgan fingerprint density at radius 2 is 1.52 bits per heavy atom. The number of nitrogens with one attached hydrogen (secondary N) is 2. The van der Waals surface area contributed by atoms with Crippen molar-refractivity contribution in [3.8, 4) is 0 Å². The number of benzene rings is 4. The molecule has 4 aromatic rings. The van der Waals surface area contributed by atoms with Gasteiger partial charge in [0.25, 0.3) is 10.0 Å². The van der Waals surface area contributed by atoms with Crippen molar-refractivity contribution in [2.75, 3.05) is 10.0 Å². The van der Waals surface area contributed by atoms with E-state index in [1.54, 1.807) is 48.5 Å². The number of aryl methyl sites for hydroxylation is 1. The minimum atomic E-state index is -3.65. The number of thioether (sulfide) groups is 1. The average Bonchev–Trinajstić information content (AvgIpc) is 2.80. The van der Waals surface area contributed by atoms with Crippen LogP contribution in [0.1, 0.15) is 12.5 Å². The lowest BCUT2D eigenvalue weighted by molar-refractivity contribution is -0.115. The molecule has 0 bridgehead atoms. The Kier molecular flexibility index (Phi) is 6.72. The molecule has 0 spiro atoms. The van der Waals surface area contributed by atoms with Crippen LogP contribution in [0.2, 0.25) is 0 Å². The second-order valence-electron chi connectivity index (χ2n) is 7.72. The fourth-order valence-corrected chi connectivity index (χ4v) is 5.29. The van der Waals surface area contributed by atoms with E-state index in [9.17, 15) is 13.2 Å². The number of hydrogen-bond acceptors (Lipinski definition) is 4. The monoisotopic (exact) mass is 476 g/mol. The highest BCUT2D eigenvalue weighted by molar-refractivity contribution is 8.00. The zero-order chi connectivity index (χ0) is 23.4. The summed E-state index contributed by atoms with van der Waals surface area (Å²) in [6, 6.07) is 27.4. The van der Waals surface area contributed by atoms with Crippen LogP contribution >= 0.6 is 11.8 Å². The lowest BCUT2D eigenvalue weighted by Gasteiger charge is -2.14. The van der Waals surface area contributed by atoms with Crippen LogP contribution in [0.3, 0.4) is 0 Å². The maximum Gasteiger partial charge on any atom is 0.261 e. The topological polar surface area (TPSA) is 75.3 Å². The molecule has 0 saturated heterocycles. The molecule has 1 amide bonds. The molecule has 0 radical (unpaired) electrons. The minimum absolute atomic E-state index is 0.0968. The van der Waals surface area contributed by atoms with E-state index in [4.69, 9.17) is 0 Å². The van der Waals surface area contributed by atoms with Gasteiger partial charge in [0.05, 0.1) is 10.1 Å². The molecule has 33 heavy (non-hydrogen) atoms. The maximum atomic E-state index is 12.8. The quantitative estimate of drug-likeness (QED) is 0.318. The minimum Gasteiger partial charge on any atom is -0.325 e. The van der Waals surface area contributed by atoms with Crippen LogP contribution in [-0.2, 0) is 14.8 Å². The van der Waals surface area contributed by atoms with Crippen LogP contribution in [0, 0.1) is 6.92 Å². The van der Waals surface area contributed by atoms with Gasteiger partial charge in [0.1, 0.15) is 0 Å². The molecule has 168 valence electrons. The van der Waals surface area contributed by atoms with Crippen molar-refractivity contribution in [2.24, 2.45) is 0 Å². The Morgan fingerprint density at radius 1 is 0.848 bits per heavy atom. The fourth-order valence-electron chi connectivity index (χ4n) is 3.36. The zero-order valence-corrected chi connectivity index (χ0v) is 19.9. The summed E-state index contributed by atoms with van der Waals surface area (Å²) in [4.78, 5) is 13.9. The van der Waals surface area contributed by atoms with Crippen LogP contribution in [0.15, 0.2) is 101 Å². The Bertz CT molecular complexity index is 1380. The van der Waals surface area contributed by atoms with Gasteiger partial charge in [0.15, 0.2) is 0 Å². The molecule has 7 heteroatoms. The van der Waals surface area contributed by atoms with E-state index in [1.165, 1.54) is 11.8 Å². The molecule has 2 N–H and O–H groups in total. The summed E-state index contributed by atoms with van der Waals surface area (Å²) in [6.07, 6.45) is 0. The number of sulfonamides is 1. The lowest BCUT2D eigenvalue weighted by atomic mass is 10.1. The molecule has 5 nitrogen and oxygen atoms in total. The first kappa shape index (κ1) is 22.9. The molecule has 1 unspecified atom stereocenters. The third-order valence-electron chi connectivity index (χ3n) is 5.17. The highest BCUT2D eigenvalue weighted by Gasteiger charge is 2.17. The van der Waals surface area contributed by atoms with Crippen molar-refractivity contribution in [2.45, 2.75) is 28.9 Å². The molecule has 4 rings (SSSR count). The predicted octanol–water partition coefficient (Wildman–Crippen LogP) is 6.07. The Balaban J connectivity index is 1.40. The van der Waals surface area contributed by atoms with Gasteiger partial charge in [-0.15, -0.1) is 11.8 Å². The number of carbonyl (C=O) groups is 1. The summed E-state index contributed by atoms with van der Waals surface area (Å²) >= 11 is 1.41. The summed E-state index contributed by atoms with van der Waals surface area (Å²) < 4.78 is 27.7. The van der Waals surface area contributed by atoms with Gasteiger partial charge in [0, 0.05) is 21.7 Å². The van der Waals surface area contributed by atoms with Gasteiger partial charge in [-0.3, -0.25) is 9.52 Å². The van der Waals surface area contributed by atoms with Crippen LogP contribution < -0.4 is 10.0 Å². The number of amides is 1. The predicted molar refractivity (Wildman–Crippen MR) is 136 cm³/mol. The number of carbonyl (C=O) groups excluding carboxylic acids is 1. The number of rotatable bonds is 7. The first-order chi connectivity index (χ1) is 15.8. The number of hydrogen-bond donors (Lipinski definition) is 2. The lowest BCUT2D eigenvalue weighted by Crippen LogP contribution is -2.22. The fraction of sp³-hybridized carbons (Fsp3) is 0.115. The van der Waals surface area contributed by atoms with E-state index in [0.717, 1.165) is 26.9 Å². The van der Waals surface area contributed by atoms with Gasteiger partial charge in [0.2, 0.25) is 5.91 Å². The largest absolute Gasteiger partial charge is 0.325 e. The van der Waals surface area contributed by atoms with E-state index in [0.29, 0.717) is 5.69 Å². The number of anilines is 2. The highest BCUT2D eigenvalue weighted by Crippen LogP contribution is 2.28. The van der Waals surface area contributed by atoms with Crippen molar-refractivity contribution in [1.82, 2.24) is 0 Å². The molecule has 1 atom stereocenters. The summed E-state index contributed by atoms with van der Waals surface area (Å²) in [5.41, 5.74) is 2.24. The van der Waals surface area contributed by atoms with Gasteiger partial charge >= 0.3 is 0 Å². The Hall–Kier alpha value is -3.29. The highest BCUT2D eigenvalue weighted by atomic mass is 32.2. The van der Waals surface area contributed by atoms with Crippen molar-refractivity contribution in [3.63, 3.8) is 0 Å². The molecular weight excluding hydrogens is 452 g/mol. The summed E-state index contributed by atoms with van der Waals surface area (Å²) in [6.45, 7) is 3.75.